The summed E-state index contributed by atoms with van der Waals surface area (Å²) in [5, 5.41) is 14.6. The van der Waals surface area contributed by atoms with Crippen molar-refractivity contribution < 1.29 is 14.3 Å². The number of carbonyl (C=O) groups is 2. The third kappa shape index (κ3) is 4.75. The Balaban J connectivity index is 1.57. The minimum atomic E-state index is -0.297. The minimum Gasteiger partial charge on any atom is -0.466 e. The van der Waals surface area contributed by atoms with Crippen molar-refractivity contribution in [2.75, 3.05) is 11.5 Å². The van der Waals surface area contributed by atoms with Gasteiger partial charge in [-0.2, -0.15) is 10.4 Å². The highest BCUT2D eigenvalue weighted by Gasteiger charge is 2.15. The van der Waals surface area contributed by atoms with Gasteiger partial charge in [0.15, 0.2) is 0 Å². The summed E-state index contributed by atoms with van der Waals surface area (Å²) in [7, 11) is 0. The zero-order chi connectivity index (χ0) is 23.2. The van der Waals surface area contributed by atoms with E-state index in [1.165, 1.54) is 4.90 Å². The number of fused-ring (bicyclic) bond motifs is 1. The molecule has 0 fully saturated rings. The minimum absolute atomic E-state index is 0.124. The first-order chi connectivity index (χ1) is 16.1. The van der Waals surface area contributed by atoms with Crippen molar-refractivity contribution in [3.05, 3.63) is 89.6 Å². The summed E-state index contributed by atoms with van der Waals surface area (Å²) in [6, 6.07) is 24.3. The van der Waals surface area contributed by atoms with Gasteiger partial charge in [0, 0.05) is 16.8 Å². The number of esters is 1. The third-order valence-electron chi connectivity index (χ3n) is 5.28. The van der Waals surface area contributed by atoms with Gasteiger partial charge in [0.1, 0.15) is 0 Å². The van der Waals surface area contributed by atoms with E-state index < -0.39 is 0 Å². The quantitative estimate of drug-likeness (QED) is 0.301. The Bertz CT molecular complexity index is 1320. The van der Waals surface area contributed by atoms with Crippen LogP contribution in [0.4, 0.5) is 11.4 Å². The highest BCUT2D eigenvalue weighted by atomic mass is 16.5. The number of anilines is 2. The zero-order valence-electron chi connectivity index (χ0n) is 18.1. The van der Waals surface area contributed by atoms with Crippen LogP contribution < -0.4 is 4.90 Å². The normalized spacial score (nSPS) is 10.5. The maximum absolute atomic E-state index is 12.0. The smallest absolute Gasteiger partial charge is 0.311 e. The van der Waals surface area contributed by atoms with Crippen molar-refractivity contribution in [3.8, 4) is 6.07 Å². The first-order valence-corrected chi connectivity index (χ1v) is 10.6. The molecular formula is C26H22N4O3. The van der Waals surface area contributed by atoms with Crippen molar-refractivity contribution in [2.45, 2.75) is 19.9 Å². The molecule has 0 radical (unpaired) electrons. The monoisotopic (exact) mass is 438 g/mol. The largest absolute Gasteiger partial charge is 0.466 e. The van der Waals surface area contributed by atoms with Gasteiger partial charge in [-0.3, -0.25) is 19.2 Å². The Kier molecular flexibility index (Phi) is 6.46. The Morgan fingerprint density at radius 3 is 2.36 bits per heavy atom. The fourth-order valence-electron chi connectivity index (χ4n) is 3.70. The zero-order valence-corrected chi connectivity index (χ0v) is 18.1. The predicted octanol–water partition coefficient (Wildman–Crippen LogP) is 4.36. The molecule has 4 rings (SSSR count). The van der Waals surface area contributed by atoms with Crippen LogP contribution in [0.5, 0.6) is 0 Å². The number of carbonyl (C=O) groups excluding carboxylic acids is 2. The van der Waals surface area contributed by atoms with E-state index in [4.69, 9.17) is 10.00 Å². The average molecular weight is 438 g/mol. The summed E-state index contributed by atoms with van der Waals surface area (Å²) >= 11 is 0. The van der Waals surface area contributed by atoms with Crippen molar-refractivity contribution in [3.63, 3.8) is 0 Å². The Morgan fingerprint density at radius 2 is 1.73 bits per heavy atom. The molecular weight excluding hydrogens is 416 g/mol. The van der Waals surface area contributed by atoms with Gasteiger partial charge in [-0.05, 0) is 55.0 Å². The number of aromatic nitrogens is 2. The second kappa shape index (κ2) is 9.79. The van der Waals surface area contributed by atoms with Crippen molar-refractivity contribution in [1.82, 2.24) is 9.78 Å². The Morgan fingerprint density at radius 1 is 1.06 bits per heavy atom. The van der Waals surface area contributed by atoms with Crippen LogP contribution in [-0.2, 0) is 27.3 Å². The first-order valence-electron chi connectivity index (χ1n) is 10.6. The van der Waals surface area contributed by atoms with Gasteiger partial charge < -0.3 is 4.74 Å². The number of benzene rings is 3. The van der Waals surface area contributed by atoms with Gasteiger partial charge in [-0.15, -0.1) is 0 Å². The fourth-order valence-corrected chi connectivity index (χ4v) is 3.70. The maximum atomic E-state index is 12.0. The number of ether oxygens (including phenoxy) is 1. The number of rotatable bonds is 8. The summed E-state index contributed by atoms with van der Waals surface area (Å²) in [5.41, 5.74) is 4.56. The molecule has 0 spiro atoms. The molecule has 0 aliphatic heterocycles. The van der Waals surface area contributed by atoms with E-state index in [0.29, 0.717) is 35.8 Å². The van der Waals surface area contributed by atoms with Gasteiger partial charge in [-0.1, -0.05) is 30.3 Å². The van der Waals surface area contributed by atoms with E-state index >= 15 is 0 Å². The molecule has 0 saturated heterocycles. The highest BCUT2D eigenvalue weighted by molar-refractivity contribution is 5.87. The third-order valence-corrected chi connectivity index (χ3v) is 5.28. The Labute approximate surface area is 191 Å². The molecule has 0 N–H and O–H groups in total. The summed E-state index contributed by atoms with van der Waals surface area (Å²) in [5.74, 6) is -0.297. The van der Waals surface area contributed by atoms with E-state index in [-0.39, 0.29) is 12.4 Å². The summed E-state index contributed by atoms with van der Waals surface area (Å²) in [4.78, 5) is 25.2. The topological polar surface area (TPSA) is 88.2 Å². The Hall–Kier alpha value is -4.44. The van der Waals surface area contributed by atoms with Crippen LogP contribution in [0.1, 0.15) is 23.7 Å². The standard InChI is InChI=1S/C26H22N4O3/c1-2-33-26(32)15-24-23-5-3-4-6-25(23)30(28-24)17-20-9-13-22(14-10-20)29(18-31)21-11-7-19(16-27)8-12-21/h3-14,18H,2,15,17H2,1H3. The average Bonchev–Trinajstić information content (AvgIpc) is 3.18. The van der Waals surface area contributed by atoms with Crippen LogP contribution in [0.15, 0.2) is 72.8 Å². The molecule has 164 valence electrons. The van der Waals surface area contributed by atoms with Crippen molar-refractivity contribution >= 4 is 34.7 Å². The molecule has 7 heteroatoms. The van der Waals surface area contributed by atoms with Crippen LogP contribution >= 0.6 is 0 Å². The molecule has 7 nitrogen and oxygen atoms in total. The van der Waals surface area contributed by atoms with Crippen LogP contribution in [0.3, 0.4) is 0 Å². The number of para-hydroxylation sites is 1. The van der Waals surface area contributed by atoms with E-state index in [2.05, 4.69) is 11.2 Å². The molecule has 1 aromatic heterocycles. The lowest BCUT2D eigenvalue weighted by Gasteiger charge is -2.18. The summed E-state index contributed by atoms with van der Waals surface area (Å²) < 4.78 is 6.95. The number of nitriles is 1. The summed E-state index contributed by atoms with van der Waals surface area (Å²) in [6.45, 7) is 2.64. The van der Waals surface area contributed by atoms with Gasteiger partial charge in [0.25, 0.3) is 0 Å². The van der Waals surface area contributed by atoms with E-state index in [9.17, 15) is 9.59 Å². The van der Waals surface area contributed by atoms with Crippen molar-refractivity contribution in [1.29, 1.82) is 5.26 Å². The highest BCUT2D eigenvalue weighted by Crippen LogP contribution is 2.25. The first kappa shape index (κ1) is 21.8. The van der Waals surface area contributed by atoms with Crippen LogP contribution in [-0.4, -0.2) is 28.8 Å². The molecule has 1 heterocycles. The van der Waals surface area contributed by atoms with Crippen LogP contribution in [0.25, 0.3) is 10.9 Å². The van der Waals surface area contributed by atoms with Crippen LogP contribution in [0.2, 0.25) is 0 Å². The molecule has 0 saturated carbocycles. The van der Waals surface area contributed by atoms with Gasteiger partial charge in [0.05, 0.1) is 42.4 Å². The molecule has 0 bridgehead atoms. The van der Waals surface area contributed by atoms with E-state index in [1.807, 2.05) is 53.2 Å². The molecule has 4 aromatic rings. The predicted molar refractivity (Wildman–Crippen MR) is 125 cm³/mol. The number of hydrogen-bond acceptors (Lipinski definition) is 5. The van der Waals surface area contributed by atoms with Crippen LogP contribution in [0, 0.1) is 11.3 Å². The lowest BCUT2D eigenvalue weighted by atomic mass is 10.1. The molecule has 3 aromatic carbocycles. The molecule has 1 amide bonds. The van der Waals surface area contributed by atoms with Crippen molar-refractivity contribution in [2.24, 2.45) is 0 Å². The van der Waals surface area contributed by atoms with E-state index in [0.717, 1.165) is 22.9 Å². The summed E-state index contributed by atoms with van der Waals surface area (Å²) in [6.07, 6.45) is 0.873. The van der Waals surface area contributed by atoms with Gasteiger partial charge in [0.2, 0.25) is 6.41 Å². The molecule has 0 aliphatic rings. The van der Waals surface area contributed by atoms with Gasteiger partial charge in [-0.25, -0.2) is 0 Å². The number of hydrogen-bond donors (Lipinski definition) is 0. The molecule has 0 unspecified atom stereocenters. The van der Waals surface area contributed by atoms with Gasteiger partial charge >= 0.3 is 5.97 Å². The van der Waals surface area contributed by atoms with E-state index in [1.54, 1.807) is 31.2 Å². The number of amides is 1. The maximum Gasteiger partial charge on any atom is 0.311 e. The lowest BCUT2D eigenvalue weighted by Crippen LogP contribution is -2.14. The molecule has 0 aliphatic carbocycles. The molecule has 33 heavy (non-hydrogen) atoms. The lowest BCUT2D eigenvalue weighted by molar-refractivity contribution is -0.142. The SMILES string of the molecule is CCOC(=O)Cc1nn(Cc2ccc(N(C=O)c3ccc(C#N)cc3)cc2)c2ccccc12. The molecule has 0 atom stereocenters. The number of nitrogens with zero attached hydrogens (tertiary/aromatic N) is 4. The second-order valence-electron chi connectivity index (χ2n) is 7.40. The fraction of sp³-hybridized carbons (Fsp3) is 0.154. The second-order valence-corrected chi connectivity index (χ2v) is 7.40.